The van der Waals surface area contributed by atoms with Gasteiger partial charge >= 0.3 is 0 Å². The number of amides is 1. The minimum Gasteiger partial charge on any atom is -0.493 e. The van der Waals surface area contributed by atoms with Crippen LogP contribution in [0.15, 0.2) is 65.3 Å². The van der Waals surface area contributed by atoms with E-state index >= 15 is 0 Å². The summed E-state index contributed by atoms with van der Waals surface area (Å²) in [4.78, 5) is 11.9. The zero-order chi connectivity index (χ0) is 17.3. The van der Waals surface area contributed by atoms with Crippen LogP contribution in [0, 0.1) is 0 Å². The molecule has 2 N–H and O–H groups in total. The zero-order valence-electron chi connectivity index (χ0n) is 13.5. The minimum atomic E-state index is -0.179. The first-order valence-corrected chi connectivity index (χ1v) is 7.87. The van der Waals surface area contributed by atoms with Crippen LogP contribution >= 0.6 is 0 Å². The van der Waals surface area contributed by atoms with Crippen LogP contribution in [0.4, 0.5) is 11.6 Å². The first-order chi connectivity index (χ1) is 12.3. The van der Waals surface area contributed by atoms with E-state index in [1.54, 1.807) is 18.4 Å². The Morgan fingerprint density at radius 2 is 1.80 bits per heavy atom. The molecule has 0 aliphatic carbocycles. The second-order valence-electron chi connectivity index (χ2n) is 5.20. The number of carbonyl (C=O) groups excluding carboxylic acids is 1. The highest BCUT2D eigenvalue weighted by Gasteiger charge is 2.05. The maximum absolute atomic E-state index is 11.9. The molecule has 2 aromatic heterocycles. The van der Waals surface area contributed by atoms with E-state index in [1.807, 2.05) is 42.5 Å². The average molecular weight is 338 g/mol. The molecule has 0 aliphatic rings. The predicted molar refractivity (Wildman–Crippen MR) is 93.3 cm³/mol. The number of rotatable bonds is 8. The second kappa shape index (κ2) is 8.49. The van der Waals surface area contributed by atoms with E-state index in [0.29, 0.717) is 24.8 Å². The van der Waals surface area contributed by atoms with Crippen LogP contribution < -0.4 is 15.4 Å². The van der Waals surface area contributed by atoms with Gasteiger partial charge in [-0.05, 0) is 36.4 Å². The Morgan fingerprint density at radius 3 is 2.52 bits per heavy atom. The van der Waals surface area contributed by atoms with Crippen molar-refractivity contribution in [3.63, 3.8) is 0 Å². The first-order valence-electron chi connectivity index (χ1n) is 7.87. The number of carbonyl (C=O) groups is 1. The Labute approximate surface area is 145 Å². The van der Waals surface area contributed by atoms with Crippen LogP contribution in [0.25, 0.3) is 0 Å². The van der Waals surface area contributed by atoms with Crippen LogP contribution in [0.1, 0.15) is 12.2 Å². The number of hydrogen-bond acceptors (Lipinski definition) is 6. The number of ether oxygens (including phenoxy) is 1. The van der Waals surface area contributed by atoms with Gasteiger partial charge in [0.25, 0.3) is 0 Å². The molecule has 0 unspecified atom stereocenters. The molecule has 7 nitrogen and oxygen atoms in total. The molecule has 0 saturated heterocycles. The zero-order valence-corrected chi connectivity index (χ0v) is 13.5. The smallest absolute Gasteiger partial charge is 0.229 e. The number of furan rings is 1. The minimum absolute atomic E-state index is 0.179. The third kappa shape index (κ3) is 5.35. The number of nitrogens with zero attached hydrogens (tertiary/aromatic N) is 2. The third-order valence-electron chi connectivity index (χ3n) is 3.30. The highest BCUT2D eigenvalue weighted by Crippen LogP contribution is 2.10. The highest BCUT2D eigenvalue weighted by atomic mass is 16.5. The summed E-state index contributed by atoms with van der Waals surface area (Å²) in [5.74, 6) is 2.36. The van der Waals surface area contributed by atoms with Gasteiger partial charge in [-0.15, -0.1) is 10.2 Å². The molecule has 25 heavy (non-hydrogen) atoms. The molecule has 2 heterocycles. The monoisotopic (exact) mass is 338 g/mol. The predicted octanol–water partition coefficient (Wildman–Crippen LogP) is 3.09. The van der Waals surface area contributed by atoms with E-state index in [1.165, 1.54) is 0 Å². The molecule has 7 heteroatoms. The van der Waals surface area contributed by atoms with E-state index in [9.17, 15) is 4.79 Å². The maximum Gasteiger partial charge on any atom is 0.229 e. The van der Waals surface area contributed by atoms with E-state index in [4.69, 9.17) is 9.15 Å². The normalized spacial score (nSPS) is 10.2. The summed E-state index contributed by atoms with van der Waals surface area (Å²) in [6, 6.07) is 16.5. The Balaban J connectivity index is 1.40. The van der Waals surface area contributed by atoms with Crippen molar-refractivity contribution in [1.29, 1.82) is 0 Å². The number of anilines is 2. The molecule has 1 aromatic carbocycles. The van der Waals surface area contributed by atoms with Crippen LogP contribution in [0.2, 0.25) is 0 Å². The van der Waals surface area contributed by atoms with Gasteiger partial charge in [-0.3, -0.25) is 4.79 Å². The van der Waals surface area contributed by atoms with Gasteiger partial charge in [-0.25, -0.2) is 0 Å². The fourth-order valence-corrected chi connectivity index (χ4v) is 2.07. The fourth-order valence-electron chi connectivity index (χ4n) is 2.07. The molecule has 3 aromatic rings. The van der Waals surface area contributed by atoms with Crippen molar-refractivity contribution < 1.29 is 13.9 Å². The number of hydrogen-bond donors (Lipinski definition) is 2. The van der Waals surface area contributed by atoms with Gasteiger partial charge in [-0.1, -0.05) is 18.2 Å². The molecular formula is C18H18N4O3. The molecule has 0 fully saturated rings. The van der Waals surface area contributed by atoms with Crippen molar-refractivity contribution in [1.82, 2.24) is 10.2 Å². The summed E-state index contributed by atoms with van der Waals surface area (Å²) in [5.41, 5.74) is 0. The number of nitrogens with one attached hydrogen (secondary N) is 2. The summed E-state index contributed by atoms with van der Waals surface area (Å²) in [6.45, 7) is 0.816. The van der Waals surface area contributed by atoms with Gasteiger partial charge in [0.05, 0.1) is 25.8 Å². The highest BCUT2D eigenvalue weighted by molar-refractivity contribution is 5.89. The third-order valence-corrected chi connectivity index (χ3v) is 3.30. The van der Waals surface area contributed by atoms with E-state index < -0.39 is 0 Å². The van der Waals surface area contributed by atoms with Crippen molar-refractivity contribution in [2.45, 2.75) is 13.0 Å². The van der Waals surface area contributed by atoms with Crippen LogP contribution in [-0.4, -0.2) is 22.7 Å². The van der Waals surface area contributed by atoms with Gasteiger partial charge in [0.1, 0.15) is 17.3 Å². The van der Waals surface area contributed by atoms with Crippen molar-refractivity contribution in [3.8, 4) is 5.75 Å². The Morgan fingerprint density at radius 1 is 1.00 bits per heavy atom. The van der Waals surface area contributed by atoms with Crippen molar-refractivity contribution in [2.75, 3.05) is 17.2 Å². The van der Waals surface area contributed by atoms with Gasteiger partial charge < -0.3 is 19.8 Å². The van der Waals surface area contributed by atoms with Gasteiger partial charge in [0.2, 0.25) is 5.91 Å². The Bertz CT molecular complexity index is 774. The van der Waals surface area contributed by atoms with E-state index in [0.717, 1.165) is 11.5 Å². The van der Waals surface area contributed by atoms with Crippen molar-refractivity contribution in [2.24, 2.45) is 0 Å². The SMILES string of the molecule is O=C(CCOc1ccccc1)Nc1ccc(NCc2ccco2)nn1. The molecule has 0 bridgehead atoms. The number of para-hydroxylation sites is 1. The Hall–Kier alpha value is -3.35. The number of benzene rings is 1. The first kappa shape index (κ1) is 16.5. The lowest BCUT2D eigenvalue weighted by Crippen LogP contribution is -2.16. The summed E-state index contributed by atoms with van der Waals surface area (Å²) in [6.07, 6.45) is 1.85. The molecule has 0 spiro atoms. The van der Waals surface area contributed by atoms with Crippen LogP contribution in [-0.2, 0) is 11.3 Å². The lowest BCUT2D eigenvalue weighted by atomic mass is 10.3. The standard InChI is InChI=1S/C18H18N4O3/c23-18(10-12-25-14-5-2-1-3-6-14)20-17-9-8-16(21-22-17)19-13-15-7-4-11-24-15/h1-9,11H,10,12-13H2,(H,19,21)(H,20,22,23). The van der Waals surface area contributed by atoms with Crippen LogP contribution in [0.5, 0.6) is 5.75 Å². The van der Waals surface area contributed by atoms with Crippen molar-refractivity contribution in [3.05, 3.63) is 66.6 Å². The summed E-state index contributed by atoms with van der Waals surface area (Å²) in [5, 5.41) is 13.7. The van der Waals surface area contributed by atoms with Gasteiger partial charge in [0, 0.05) is 0 Å². The summed E-state index contributed by atoms with van der Waals surface area (Å²) >= 11 is 0. The molecule has 0 atom stereocenters. The van der Waals surface area contributed by atoms with Gasteiger partial charge in [-0.2, -0.15) is 0 Å². The molecule has 0 radical (unpaired) electrons. The van der Waals surface area contributed by atoms with Crippen LogP contribution in [0.3, 0.4) is 0 Å². The fraction of sp³-hybridized carbons (Fsp3) is 0.167. The quantitative estimate of drug-likeness (QED) is 0.656. The lowest BCUT2D eigenvalue weighted by Gasteiger charge is -2.07. The second-order valence-corrected chi connectivity index (χ2v) is 5.20. The largest absolute Gasteiger partial charge is 0.493 e. The summed E-state index contributed by atoms with van der Waals surface area (Å²) < 4.78 is 10.7. The summed E-state index contributed by atoms with van der Waals surface area (Å²) in [7, 11) is 0. The van der Waals surface area contributed by atoms with Crippen molar-refractivity contribution >= 4 is 17.5 Å². The molecular weight excluding hydrogens is 320 g/mol. The molecule has 128 valence electrons. The number of aromatic nitrogens is 2. The molecule has 0 saturated carbocycles. The van der Waals surface area contributed by atoms with E-state index in [2.05, 4.69) is 20.8 Å². The lowest BCUT2D eigenvalue weighted by molar-refractivity contribution is -0.116. The Kier molecular flexibility index (Phi) is 5.60. The molecule has 3 rings (SSSR count). The topological polar surface area (TPSA) is 89.3 Å². The molecule has 1 amide bonds. The maximum atomic E-state index is 11.9. The van der Waals surface area contributed by atoms with Gasteiger partial charge in [0.15, 0.2) is 5.82 Å². The average Bonchev–Trinajstić information content (AvgIpc) is 3.16. The van der Waals surface area contributed by atoms with E-state index in [-0.39, 0.29) is 12.3 Å². The molecule has 0 aliphatic heterocycles.